The van der Waals surface area contributed by atoms with Gasteiger partial charge in [0.15, 0.2) is 0 Å². The van der Waals surface area contributed by atoms with Gasteiger partial charge in [-0.15, -0.1) is 0 Å². The minimum Gasteiger partial charge on any atom is -0.464 e. The largest absolute Gasteiger partial charge is 0.464 e. The highest BCUT2D eigenvalue weighted by molar-refractivity contribution is 5.79. The van der Waals surface area contributed by atoms with Crippen LogP contribution in [-0.4, -0.2) is 44.9 Å². The van der Waals surface area contributed by atoms with Gasteiger partial charge in [0, 0.05) is 18.8 Å². The van der Waals surface area contributed by atoms with Gasteiger partial charge in [0.2, 0.25) is 0 Å². The van der Waals surface area contributed by atoms with Crippen LogP contribution in [0.1, 0.15) is 13.8 Å². The van der Waals surface area contributed by atoms with Gasteiger partial charge >= 0.3 is 5.97 Å². The van der Waals surface area contributed by atoms with Crippen molar-refractivity contribution >= 4 is 17.3 Å². The number of morpholine rings is 1. The summed E-state index contributed by atoms with van der Waals surface area (Å²) in [4.78, 5) is 13.5. The maximum Gasteiger partial charge on any atom is 0.328 e. The quantitative estimate of drug-likeness (QED) is 0.843. The summed E-state index contributed by atoms with van der Waals surface area (Å²) in [6, 6.07) is 4.38. The molecule has 1 saturated heterocycles. The van der Waals surface area contributed by atoms with Crippen LogP contribution < -0.4 is 10.2 Å². The Labute approximate surface area is 124 Å². The van der Waals surface area contributed by atoms with E-state index >= 15 is 0 Å². The van der Waals surface area contributed by atoms with Crippen molar-refractivity contribution in [2.45, 2.75) is 19.9 Å². The van der Waals surface area contributed by atoms with Gasteiger partial charge in [-0.2, -0.15) is 0 Å². The number of esters is 1. The maximum absolute atomic E-state index is 14.2. The molecular formula is C15H21FN2O3. The van der Waals surface area contributed by atoms with Crippen LogP contribution in [0.25, 0.3) is 0 Å². The molecule has 2 rings (SSSR count). The van der Waals surface area contributed by atoms with Gasteiger partial charge in [-0.1, -0.05) is 0 Å². The average molecular weight is 296 g/mol. The summed E-state index contributed by atoms with van der Waals surface area (Å²) < 4.78 is 24.4. The fourth-order valence-corrected chi connectivity index (χ4v) is 2.23. The van der Waals surface area contributed by atoms with Gasteiger partial charge in [-0.05, 0) is 32.0 Å². The number of anilines is 2. The van der Waals surface area contributed by atoms with Crippen molar-refractivity contribution in [3.63, 3.8) is 0 Å². The highest BCUT2D eigenvalue weighted by Crippen LogP contribution is 2.24. The average Bonchev–Trinajstić information content (AvgIpc) is 2.48. The minimum absolute atomic E-state index is 0.307. The Balaban J connectivity index is 2.03. The predicted molar refractivity (Wildman–Crippen MR) is 79.1 cm³/mol. The molecule has 5 nitrogen and oxygen atoms in total. The number of carbonyl (C=O) groups is 1. The minimum atomic E-state index is -0.515. The standard InChI is InChI=1S/C15H21FN2O3/c1-3-21-15(19)11(2)17-12-4-5-14(13(16)10-12)18-6-8-20-9-7-18/h4-5,10-11,17H,3,6-9H2,1-2H3/t11-/m1/s1. The molecule has 1 aliphatic rings. The topological polar surface area (TPSA) is 50.8 Å². The lowest BCUT2D eigenvalue weighted by Crippen LogP contribution is -2.36. The fourth-order valence-electron chi connectivity index (χ4n) is 2.23. The Kier molecular flexibility index (Phi) is 5.38. The lowest BCUT2D eigenvalue weighted by molar-refractivity contribution is -0.143. The van der Waals surface area contributed by atoms with E-state index in [4.69, 9.17) is 9.47 Å². The summed E-state index contributed by atoms with van der Waals surface area (Å²) in [6.45, 7) is 6.35. The van der Waals surface area contributed by atoms with Crippen molar-refractivity contribution in [2.75, 3.05) is 43.1 Å². The molecule has 0 aromatic heterocycles. The van der Waals surface area contributed by atoms with Gasteiger partial charge in [-0.3, -0.25) is 0 Å². The molecule has 1 atom stereocenters. The Morgan fingerprint density at radius 1 is 1.48 bits per heavy atom. The lowest BCUT2D eigenvalue weighted by Gasteiger charge is -2.29. The molecule has 0 aliphatic carbocycles. The molecule has 0 spiro atoms. The summed E-state index contributed by atoms with van der Waals surface area (Å²) in [5.41, 5.74) is 1.12. The van der Waals surface area contributed by atoms with Crippen molar-refractivity contribution in [1.82, 2.24) is 0 Å². The summed E-state index contributed by atoms with van der Waals surface area (Å²) >= 11 is 0. The first-order chi connectivity index (χ1) is 10.1. The number of halogens is 1. The number of benzene rings is 1. The highest BCUT2D eigenvalue weighted by Gasteiger charge is 2.17. The summed E-state index contributed by atoms with van der Waals surface area (Å²) in [5.74, 6) is -0.659. The smallest absolute Gasteiger partial charge is 0.328 e. The lowest BCUT2D eigenvalue weighted by atomic mass is 10.2. The number of nitrogens with one attached hydrogen (secondary N) is 1. The SMILES string of the molecule is CCOC(=O)[C@@H](C)Nc1ccc(N2CCOCC2)c(F)c1. The zero-order valence-corrected chi connectivity index (χ0v) is 12.4. The van der Waals surface area contributed by atoms with E-state index in [9.17, 15) is 9.18 Å². The molecule has 0 unspecified atom stereocenters. The normalized spacial score (nSPS) is 16.4. The number of nitrogens with zero attached hydrogens (tertiary/aromatic N) is 1. The molecule has 0 radical (unpaired) electrons. The number of hydrogen-bond acceptors (Lipinski definition) is 5. The molecule has 0 bridgehead atoms. The summed E-state index contributed by atoms with van der Waals surface area (Å²) in [7, 11) is 0. The summed E-state index contributed by atoms with van der Waals surface area (Å²) in [6.07, 6.45) is 0. The molecule has 1 aromatic rings. The second kappa shape index (κ2) is 7.26. The third-order valence-corrected chi connectivity index (χ3v) is 3.32. The van der Waals surface area contributed by atoms with Gasteiger partial charge in [0.05, 0.1) is 25.5 Å². The predicted octanol–water partition coefficient (Wildman–Crippen LogP) is 2.03. The molecule has 1 heterocycles. The van der Waals surface area contributed by atoms with Crippen molar-refractivity contribution < 1.29 is 18.7 Å². The van der Waals surface area contributed by atoms with E-state index < -0.39 is 6.04 Å². The van der Waals surface area contributed by atoms with E-state index in [1.807, 2.05) is 4.90 Å². The van der Waals surface area contributed by atoms with Crippen molar-refractivity contribution in [1.29, 1.82) is 0 Å². The molecule has 1 N–H and O–H groups in total. The molecule has 6 heteroatoms. The number of rotatable bonds is 5. The van der Waals surface area contributed by atoms with Crippen molar-refractivity contribution in [3.05, 3.63) is 24.0 Å². The van der Waals surface area contributed by atoms with E-state index in [2.05, 4.69) is 5.32 Å². The first kappa shape index (κ1) is 15.6. The van der Waals surface area contributed by atoms with Crippen LogP contribution in [0.3, 0.4) is 0 Å². The second-order valence-electron chi connectivity index (χ2n) is 4.88. The third kappa shape index (κ3) is 4.07. The van der Waals surface area contributed by atoms with Crippen molar-refractivity contribution in [3.8, 4) is 0 Å². The van der Waals surface area contributed by atoms with Gasteiger partial charge in [0.25, 0.3) is 0 Å². The molecule has 116 valence electrons. The van der Waals surface area contributed by atoms with Crippen LogP contribution in [0.5, 0.6) is 0 Å². The highest BCUT2D eigenvalue weighted by atomic mass is 19.1. The second-order valence-corrected chi connectivity index (χ2v) is 4.88. The molecule has 1 aliphatic heterocycles. The number of hydrogen-bond donors (Lipinski definition) is 1. The van der Waals surface area contributed by atoms with Crippen LogP contribution in [0.15, 0.2) is 18.2 Å². The Morgan fingerprint density at radius 2 is 2.19 bits per heavy atom. The van der Waals surface area contributed by atoms with E-state index in [-0.39, 0.29) is 11.8 Å². The van der Waals surface area contributed by atoms with Crippen LogP contribution >= 0.6 is 0 Å². The van der Waals surface area contributed by atoms with Crippen molar-refractivity contribution in [2.24, 2.45) is 0 Å². The fraction of sp³-hybridized carbons (Fsp3) is 0.533. The number of carbonyl (C=O) groups excluding carboxylic acids is 1. The number of ether oxygens (including phenoxy) is 2. The third-order valence-electron chi connectivity index (χ3n) is 3.32. The zero-order chi connectivity index (χ0) is 15.2. The van der Waals surface area contributed by atoms with E-state index in [1.165, 1.54) is 6.07 Å². The van der Waals surface area contributed by atoms with E-state index in [0.717, 1.165) is 0 Å². The van der Waals surface area contributed by atoms with E-state index in [1.54, 1.807) is 26.0 Å². The first-order valence-corrected chi connectivity index (χ1v) is 7.17. The van der Waals surface area contributed by atoms with Gasteiger partial charge < -0.3 is 19.7 Å². The molecule has 21 heavy (non-hydrogen) atoms. The Hall–Kier alpha value is -1.82. The van der Waals surface area contributed by atoms with Crippen LogP contribution in [0.4, 0.5) is 15.8 Å². The van der Waals surface area contributed by atoms with E-state index in [0.29, 0.717) is 44.3 Å². The molecular weight excluding hydrogens is 275 g/mol. The monoisotopic (exact) mass is 296 g/mol. The van der Waals surface area contributed by atoms with Crippen LogP contribution in [-0.2, 0) is 14.3 Å². The Morgan fingerprint density at radius 3 is 2.81 bits per heavy atom. The van der Waals surface area contributed by atoms with Crippen LogP contribution in [0, 0.1) is 5.82 Å². The van der Waals surface area contributed by atoms with Gasteiger partial charge in [0.1, 0.15) is 11.9 Å². The van der Waals surface area contributed by atoms with Crippen LogP contribution in [0.2, 0.25) is 0 Å². The van der Waals surface area contributed by atoms with Gasteiger partial charge in [-0.25, -0.2) is 9.18 Å². The molecule has 0 saturated carbocycles. The maximum atomic E-state index is 14.2. The first-order valence-electron chi connectivity index (χ1n) is 7.17. The Bertz CT molecular complexity index is 490. The summed E-state index contributed by atoms with van der Waals surface area (Å²) in [5, 5.41) is 2.94. The zero-order valence-electron chi connectivity index (χ0n) is 12.4. The molecule has 1 fully saturated rings. The molecule has 1 aromatic carbocycles. The molecule has 0 amide bonds.